The molecule has 0 N–H and O–H groups in total. The Morgan fingerprint density at radius 1 is 1.17 bits per heavy atom. The van der Waals surface area contributed by atoms with Crippen molar-refractivity contribution >= 4 is 21.4 Å². The minimum Gasteiger partial charge on any atom is -0.496 e. The molecule has 2 aromatic heterocycles. The molecule has 0 aliphatic rings. The van der Waals surface area contributed by atoms with Gasteiger partial charge in [0.2, 0.25) is 0 Å². The first kappa shape index (κ1) is 11.2. The minimum atomic E-state index is 0.794. The average molecular weight is 304 g/mol. The molecule has 0 aliphatic heterocycles. The van der Waals surface area contributed by atoms with Crippen LogP contribution in [0.15, 0.2) is 47.1 Å². The molecule has 3 rings (SSSR count). The molecule has 0 saturated heterocycles. The number of ether oxygens (including phenoxy) is 1. The normalized spacial score (nSPS) is 10.8. The molecule has 18 heavy (non-hydrogen) atoms. The summed E-state index contributed by atoms with van der Waals surface area (Å²) >= 11 is 3.41. The van der Waals surface area contributed by atoms with E-state index in [1.165, 1.54) is 0 Å². The van der Waals surface area contributed by atoms with Gasteiger partial charge in [-0.25, -0.2) is 4.52 Å². The molecule has 90 valence electrons. The summed E-state index contributed by atoms with van der Waals surface area (Å²) in [6.45, 7) is 0. The number of para-hydroxylation sites is 1. The predicted octanol–water partition coefficient (Wildman–Crippen LogP) is 3.17. The van der Waals surface area contributed by atoms with E-state index < -0.39 is 0 Å². The van der Waals surface area contributed by atoms with E-state index in [2.05, 4.69) is 26.2 Å². The van der Waals surface area contributed by atoms with Crippen molar-refractivity contribution < 1.29 is 4.74 Å². The standard InChI is InChI=1S/C13H10BrN3O/c1-18-12-5-3-2-4-10(12)13-11-7-6-9(14)8-17(11)16-15-13/h2-8H,1H3. The fourth-order valence-electron chi connectivity index (χ4n) is 1.90. The van der Waals surface area contributed by atoms with Crippen LogP contribution in [-0.2, 0) is 0 Å². The van der Waals surface area contributed by atoms with Crippen molar-refractivity contribution in [3.05, 3.63) is 47.1 Å². The van der Waals surface area contributed by atoms with Gasteiger partial charge in [-0.3, -0.25) is 0 Å². The van der Waals surface area contributed by atoms with Crippen LogP contribution >= 0.6 is 15.9 Å². The van der Waals surface area contributed by atoms with Crippen molar-refractivity contribution in [2.75, 3.05) is 7.11 Å². The van der Waals surface area contributed by atoms with Gasteiger partial charge in [0.15, 0.2) is 0 Å². The van der Waals surface area contributed by atoms with Gasteiger partial charge < -0.3 is 4.74 Å². The molecule has 0 radical (unpaired) electrons. The number of pyridine rings is 1. The van der Waals surface area contributed by atoms with E-state index in [9.17, 15) is 0 Å². The first-order valence-corrected chi connectivity index (χ1v) is 6.23. The Hall–Kier alpha value is -1.88. The van der Waals surface area contributed by atoms with Crippen LogP contribution in [0.5, 0.6) is 5.75 Å². The van der Waals surface area contributed by atoms with Crippen LogP contribution in [0.1, 0.15) is 0 Å². The quantitative estimate of drug-likeness (QED) is 0.730. The van der Waals surface area contributed by atoms with Crippen molar-refractivity contribution in [3.63, 3.8) is 0 Å². The Morgan fingerprint density at radius 3 is 2.83 bits per heavy atom. The molecular formula is C13H10BrN3O. The van der Waals surface area contributed by atoms with Crippen LogP contribution in [0.3, 0.4) is 0 Å². The molecule has 0 amide bonds. The Kier molecular flexibility index (Phi) is 2.76. The van der Waals surface area contributed by atoms with Crippen LogP contribution in [0.4, 0.5) is 0 Å². The van der Waals surface area contributed by atoms with Crippen LogP contribution in [-0.4, -0.2) is 21.9 Å². The highest BCUT2D eigenvalue weighted by Gasteiger charge is 2.12. The summed E-state index contributed by atoms with van der Waals surface area (Å²) in [5.41, 5.74) is 2.71. The molecule has 0 aliphatic carbocycles. The van der Waals surface area contributed by atoms with Gasteiger partial charge in [-0.2, -0.15) is 0 Å². The molecule has 0 spiro atoms. The smallest absolute Gasteiger partial charge is 0.128 e. The summed E-state index contributed by atoms with van der Waals surface area (Å²) in [7, 11) is 1.65. The topological polar surface area (TPSA) is 39.4 Å². The molecule has 4 nitrogen and oxygen atoms in total. The van der Waals surface area contributed by atoms with Gasteiger partial charge in [-0.05, 0) is 40.2 Å². The molecule has 0 atom stereocenters. The molecule has 5 heteroatoms. The fraction of sp³-hybridized carbons (Fsp3) is 0.0769. The first-order valence-electron chi connectivity index (χ1n) is 5.43. The summed E-state index contributed by atoms with van der Waals surface area (Å²) in [6.07, 6.45) is 1.88. The largest absolute Gasteiger partial charge is 0.496 e. The molecule has 1 aromatic carbocycles. The van der Waals surface area contributed by atoms with Crippen molar-refractivity contribution in [2.24, 2.45) is 0 Å². The van der Waals surface area contributed by atoms with Gasteiger partial charge >= 0.3 is 0 Å². The lowest BCUT2D eigenvalue weighted by atomic mass is 10.1. The van der Waals surface area contributed by atoms with Gasteiger partial charge in [0, 0.05) is 16.2 Å². The lowest BCUT2D eigenvalue weighted by molar-refractivity contribution is 0.416. The second-order valence-electron chi connectivity index (χ2n) is 3.82. The van der Waals surface area contributed by atoms with Crippen LogP contribution in [0.25, 0.3) is 16.8 Å². The van der Waals surface area contributed by atoms with E-state index in [0.717, 1.165) is 27.0 Å². The number of hydrogen-bond donors (Lipinski definition) is 0. The predicted molar refractivity (Wildman–Crippen MR) is 72.7 cm³/mol. The van der Waals surface area contributed by atoms with E-state index in [4.69, 9.17) is 4.74 Å². The fourth-order valence-corrected chi connectivity index (χ4v) is 2.23. The van der Waals surface area contributed by atoms with E-state index >= 15 is 0 Å². The number of halogens is 1. The third kappa shape index (κ3) is 1.76. The second-order valence-corrected chi connectivity index (χ2v) is 4.73. The number of nitrogens with zero attached hydrogens (tertiary/aromatic N) is 3. The van der Waals surface area contributed by atoms with Gasteiger partial charge in [-0.1, -0.05) is 17.3 Å². The Labute approximate surface area is 112 Å². The zero-order chi connectivity index (χ0) is 12.5. The van der Waals surface area contributed by atoms with Gasteiger partial charge in [0.25, 0.3) is 0 Å². The number of hydrogen-bond acceptors (Lipinski definition) is 3. The Bertz CT molecular complexity index is 708. The monoisotopic (exact) mass is 303 g/mol. The highest BCUT2D eigenvalue weighted by atomic mass is 79.9. The number of aromatic nitrogens is 3. The maximum atomic E-state index is 5.36. The van der Waals surface area contributed by atoms with E-state index in [1.54, 1.807) is 11.6 Å². The highest BCUT2D eigenvalue weighted by Crippen LogP contribution is 2.31. The van der Waals surface area contributed by atoms with Crippen molar-refractivity contribution in [1.29, 1.82) is 0 Å². The molecule has 3 aromatic rings. The van der Waals surface area contributed by atoms with Crippen LogP contribution in [0.2, 0.25) is 0 Å². The summed E-state index contributed by atoms with van der Waals surface area (Å²) in [6, 6.07) is 11.7. The maximum Gasteiger partial charge on any atom is 0.128 e. The lowest BCUT2D eigenvalue weighted by Crippen LogP contribution is -1.88. The van der Waals surface area contributed by atoms with E-state index in [0.29, 0.717) is 0 Å². The second kappa shape index (κ2) is 4.42. The molecule has 0 fully saturated rings. The summed E-state index contributed by atoms with van der Waals surface area (Å²) in [4.78, 5) is 0. The van der Waals surface area contributed by atoms with Gasteiger partial charge in [-0.15, -0.1) is 5.10 Å². The van der Waals surface area contributed by atoms with E-state index in [1.807, 2.05) is 42.6 Å². The highest BCUT2D eigenvalue weighted by molar-refractivity contribution is 9.10. The summed E-state index contributed by atoms with van der Waals surface area (Å²) in [5, 5.41) is 8.34. The number of methoxy groups -OCH3 is 1. The van der Waals surface area contributed by atoms with Gasteiger partial charge in [0.1, 0.15) is 11.4 Å². The molecule has 0 saturated carbocycles. The summed E-state index contributed by atoms with van der Waals surface area (Å²) < 4.78 is 8.06. The average Bonchev–Trinajstić information content (AvgIpc) is 2.81. The molecule has 0 unspecified atom stereocenters. The van der Waals surface area contributed by atoms with Crippen LogP contribution < -0.4 is 4.74 Å². The molecule has 0 bridgehead atoms. The Morgan fingerprint density at radius 2 is 2.00 bits per heavy atom. The lowest BCUT2D eigenvalue weighted by Gasteiger charge is -2.05. The maximum absolute atomic E-state index is 5.36. The molecule has 2 heterocycles. The van der Waals surface area contributed by atoms with Crippen molar-refractivity contribution in [3.8, 4) is 17.0 Å². The molecular weight excluding hydrogens is 294 g/mol. The van der Waals surface area contributed by atoms with Crippen molar-refractivity contribution in [2.45, 2.75) is 0 Å². The van der Waals surface area contributed by atoms with Crippen molar-refractivity contribution in [1.82, 2.24) is 14.8 Å². The number of benzene rings is 1. The SMILES string of the molecule is COc1ccccc1-c1nnn2cc(Br)ccc12. The van der Waals surface area contributed by atoms with E-state index in [-0.39, 0.29) is 0 Å². The third-order valence-corrected chi connectivity index (χ3v) is 3.21. The zero-order valence-corrected chi connectivity index (χ0v) is 11.3. The number of fused-ring (bicyclic) bond motifs is 1. The van der Waals surface area contributed by atoms with Crippen LogP contribution in [0, 0.1) is 0 Å². The first-order chi connectivity index (χ1) is 8.79. The third-order valence-electron chi connectivity index (χ3n) is 2.74. The number of rotatable bonds is 2. The Balaban J connectivity index is 2.26. The summed E-state index contributed by atoms with van der Waals surface area (Å²) in [5.74, 6) is 0.794. The minimum absolute atomic E-state index is 0.794. The van der Waals surface area contributed by atoms with Gasteiger partial charge in [0.05, 0.1) is 12.6 Å². The zero-order valence-electron chi connectivity index (χ0n) is 9.67.